The van der Waals surface area contributed by atoms with E-state index in [1.165, 1.54) is 4.88 Å². The maximum atomic E-state index is 10.8. The van der Waals surface area contributed by atoms with Gasteiger partial charge in [-0.2, -0.15) is 0 Å². The van der Waals surface area contributed by atoms with Crippen molar-refractivity contribution in [1.29, 1.82) is 0 Å². The van der Waals surface area contributed by atoms with Crippen molar-refractivity contribution < 1.29 is 9.90 Å². The van der Waals surface area contributed by atoms with Gasteiger partial charge < -0.3 is 15.7 Å². The molecule has 4 nitrogen and oxygen atoms in total. The van der Waals surface area contributed by atoms with E-state index in [4.69, 9.17) is 5.11 Å². The predicted octanol–water partition coefficient (Wildman–Crippen LogP) is 1.09. The molecule has 1 aliphatic heterocycles. The van der Waals surface area contributed by atoms with Crippen molar-refractivity contribution in [3.05, 3.63) is 22.4 Å². The highest BCUT2D eigenvalue weighted by molar-refractivity contribution is 7.09. The predicted molar refractivity (Wildman–Crippen MR) is 68.5 cm³/mol. The summed E-state index contributed by atoms with van der Waals surface area (Å²) in [5.41, 5.74) is -0.248. The minimum Gasteiger partial charge on any atom is -0.481 e. The molecule has 1 atom stereocenters. The molecule has 1 aliphatic rings. The summed E-state index contributed by atoms with van der Waals surface area (Å²) in [5.74, 6) is -0.734. The van der Waals surface area contributed by atoms with Gasteiger partial charge in [-0.05, 0) is 24.8 Å². The molecule has 2 heterocycles. The Morgan fingerprint density at radius 2 is 2.47 bits per heavy atom. The Morgan fingerprint density at radius 1 is 1.71 bits per heavy atom. The SMILES string of the molecule is CC(Cc1cccs1)NC1(CC(=O)O)CNC1. The molecule has 0 bridgehead atoms. The molecule has 0 saturated carbocycles. The molecule has 0 aromatic carbocycles. The standard InChI is InChI=1S/C12H18N2O2S/c1-9(5-10-3-2-4-17-10)14-12(6-11(15)16)7-13-8-12/h2-4,9,13-14H,5-8H2,1H3,(H,15,16). The Labute approximate surface area is 105 Å². The molecule has 1 aromatic heterocycles. The van der Waals surface area contributed by atoms with Gasteiger partial charge in [0.05, 0.1) is 12.0 Å². The number of hydrogen-bond donors (Lipinski definition) is 3. The van der Waals surface area contributed by atoms with Gasteiger partial charge in [0.25, 0.3) is 0 Å². The molecule has 1 unspecified atom stereocenters. The highest BCUT2D eigenvalue weighted by Crippen LogP contribution is 2.19. The van der Waals surface area contributed by atoms with Crippen LogP contribution in [0.1, 0.15) is 18.2 Å². The molecule has 17 heavy (non-hydrogen) atoms. The van der Waals surface area contributed by atoms with Crippen molar-refractivity contribution in [3.8, 4) is 0 Å². The second-order valence-corrected chi connectivity index (χ2v) is 5.82. The zero-order chi connectivity index (χ0) is 12.3. The van der Waals surface area contributed by atoms with Crippen molar-refractivity contribution in [3.63, 3.8) is 0 Å². The number of carboxylic acids is 1. The van der Waals surface area contributed by atoms with Gasteiger partial charge >= 0.3 is 5.97 Å². The quantitative estimate of drug-likeness (QED) is 0.711. The maximum absolute atomic E-state index is 10.8. The van der Waals surface area contributed by atoms with Crippen LogP contribution in [0.2, 0.25) is 0 Å². The van der Waals surface area contributed by atoms with E-state index in [-0.39, 0.29) is 12.0 Å². The van der Waals surface area contributed by atoms with Crippen LogP contribution in [-0.2, 0) is 11.2 Å². The van der Waals surface area contributed by atoms with Crippen LogP contribution in [0.3, 0.4) is 0 Å². The van der Waals surface area contributed by atoms with Crippen LogP contribution < -0.4 is 10.6 Å². The molecule has 2 rings (SSSR count). The van der Waals surface area contributed by atoms with E-state index < -0.39 is 5.97 Å². The minimum absolute atomic E-state index is 0.189. The molecule has 5 heteroatoms. The molecule has 1 aromatic rings. The third kappa shape index (κ3) is 3.28. The molecule has 3 N–H and O–H groups in total. The molecule has 0 spiro atoms. The van der Waals surface area contributed by atoms with Crippen molar-refractivity contribution >= 4 is 17.3 Å². The van der Waals surface area contributed by atoms with Gasteiger partial charge in [-0.25, -0.2) is 0 Å². The molecule has 1 saturated heterocycles. The first kappa shape index (κ1) is 12.5. The number of carboxylic acid groups (broad SMARTS) is 1. The third-order valence-corrected chi connectivity index (χ3v) is 3.96. The average molecular weight is 254 g/mol. The van der Waals surface area contributed by atoms with Gasteiger partial charge in [0.15, 0.2) is 0 Å². The van der Waals surface area contributed by atoms with Crippen LogP contribution in [0.15, 0.2) is 17.5 Å². The van der Waals surface area contributed by atoms with Crippen LogP contribution in [0, 0.1) is 0 Å². The summed E-state index contributed by atoms with van der Waals surface area (Å²) in [5, 5.41) is 17.6. The number of thiophene rings is 1. The molecular formula is C12H18N2O2S. The fourth-order valence-corrected chi connectivity index (χ4v) is 3.13. The summed E-state index contributed by atoms with van der Waals surface area (Å²) >= 11 is 1.74. The molecular weight excluding hydrogens is 236 g/mol. The number of hydrogen-bond acceptors (Lipinski definition) is 4. The largest absolute Gasteiger partial charge is 0.481 e. The first-order valence-corrected chi connectivity index (χ1v) is 6.70. The van der Waals surface area contributed by atoms with E-state index >= 15 is 0 Å². The van der Waals surface area contributed by atoms with E-state index in [1.54, 1.807) is 11.3 Å². The van der Waals surface area contributed by atoms with Gasteiger partial charge in [-0.1, -0.05) is 6.07 Å². The fraction of sp³-hybridized carbons (Fsp3) is 0.583. The van der Waals surface area contributed by atoms with Crippen LogP contribution >= 0.6 is 11.3 Å². The smallest absolute Gasteiger partial charge is 0.305 e. The summed E-state index contributed by atoms with van der Waals surface area (Å²) < 4.78 is 0. The van der Waals surface area contributed by atoms with Gasteiger partial charge in [-0.15, -0.1) is 11.3 Å². The third-order valence-electron chi connectivity index (χ3n) is 3.06. The van der Waals surface area contributed by atoms with Crippen LogP contribution in [0.5, 0.6) is 0 Å². The zero-order valence-electron chi connectivity index (χ0n) is 9.90. The summed E-state index contributed by atoms with van der Waals surface area (Å²) in [6, 6.07) is 4.46. The lowest BCUT2D eigenvalue weighted by Gasteiger charge is -2.44. The van der Waals surface area contributed by atoms with E-state index in [9.17, 15) is 4.79 Å². The Balaban J connectivity index is 1.88. The minimum atomic E-state index is -0.734. The lowest BCUT2D eigenvalue weighted by atomic mass is 9.87. The maximum Gasteiger partial charge on any atom is 0.305 e. The lowest BCUT2D eigenvalue weighted by Crippen LogP contribution is -2.70. The van der Waals surface area contributed by atoms with E-state index in [1.807, 2.05) is 6.07 Å². The first-order chi connectivity index (χ1) is 8.10. The lowest BCUT2D eigenvalue weighted by molar-refractivity contribution is -0.139. The summed E-state index contributed by atoms with van der Waals surface area (Å²) in [6.07, 6.45) is 1.15. The Morgan fingerprint density at radius 3 is 2.94 bits per heavy atom. The van der Waals surface area contributed by atoms with E-state index in [0.29, 0.717) is 6.04 Å². The van der Waals surface area contributed by atoms with Gasteiger partial charge in [0.1, 0.15) is 0 Å². The normalized spacial score (nSPS) is 19.6. The summed E-state index contributed by atoms with van der Waals surface area (Å²) in [6.45, 7) is 3.60. The van der Waals surface area contributed by atoms with Crippen LogP contribution in [0.4, 0.5) is 0 Å². The number of nitrogens with one attached hydrogen (secondary N) is 2. The Kier molecular flexibility index (Phi) is 3.81. The second-order valence-electron chi connectivity index (χ2n) is 4.78. The highest BCUT2D eigenvalue weighted by Gasteiger charge is 2.39. The van der Waals surface area contributed by atoms with Crippen molar-refractivity contribution in [2.45, 2.75) is 31.3 Å². The van der Waals surface area contributed by atoms with Gasteiger partial charge in [-0.3, -0.25) is 4.79 Å². The molecule has 0 radical (unpaired) electrons. The number of carbonyl (C=O) groups is 1. The van der Waals surface area contributed by atoms with Gasteiger partial charge in [0.2, 0.25) is 0 Å². The van der Waals surface area contributed by atoms with E-state index in [0.717, 1.165) is 19.5 Å². The highest BCUT2D eigenvalue weighted by atomic mass is 32.1. The van der Waals surface area contributed by atoms with E-state index in [2.05, 4.69) is 29.0 Å². The molecule has 0 aliphatic carbocycles. The molecule has 94 valence electrons. The average Bonchev–Trinajstić information content (AvgIpc) is 2.66. The molecule has 1 fully saturated rings. The van der Waals surface area contributed by atoms with Crippen molar-refractivity contribution in [2.75, 3.05) is 13.1 Å². The second kappa shape index (κ2) is 5.16. The molecule has 0 amide bonds. The van der Waals surface area contributed by atoms with Crippen molar-refractivity contribution in [2.24, 2.45) is 0 Å². The monoisotopic (exact) mass is 254 g/mol. The zero-order valence-corrected chi connectivity index (χ0v) is 10.7. The Bertz CT molecular complexity index is 374. The number of rotatable bonds is 6. The summed E-state index contributed by atoms with van der Waals surface area (Å²) in [7, 11) is 0. The first-order valence-electron chi connectivity index (χ1n) is 5.82. The summed E-state index contributed by atoms with van der Waals surface area (Å²) in [4.78, 5) is 12.2. The van der Waals surface area contributed by atoms with Gasteiger partial charge in [0, 0.05) is 24.0 Å². The topological polar surface area (TPSA) is 61.4 Å². The van der Waals surface area contributed by atoms with Crippen LogP contribution in [-0.4, -0.2) is 35.7 Å². The fourth-order valence-electron chi connectivity index (χ4n) is 2.30. The number of aliphatic carboxylic acids is 1. The Hall–Kier alpha value is -0.910. The van der Waals surface area contributed by atoms with Crippen LogP contribution in [0.25, 0.3) is 0 Å². The van der Waals surface area contributed by atoms with Crippen molar-refractivity contribution in [1.82, 2.24) is 10.6 Å².